The lowest BCUT2D eigenvalue weighted by molar-refractivity contribution is -0.127. The van der Waals surface area contributed by atoms with Crippen LogP contribution < -0.4 is 5.32 Å². The molecule has 150 valence electrons. The minimum Gasteiger partial charge on any atom is -0.378 e. The molecule has 10 nitrogen and oxygen atoms in total. The predicted octanol–water partition coefficient (Wildman–Crippen LogP) is -0.243. The summed E-state index contributed by atoms with van der Waals surface area (Å²) in [5.74, 6) is 1.14. The maximum Gasteiger partial charge on any atom is 0.325 e. The number of amides is 3. The van der Waals surface area contributed by atoms with Gasteiger partial charge >= 0.3 is 6.03 Å². The lowest BCUT2D eigenvalue weighted by Gasteiger charge is -2.38. The number of nitrogens with zero attached hydrogens (tertiary/aromatic N) is 6. The van der Waals surface area contributed by atoms with Crippen LogP contribution in [0.1, 0.15) is 5.69 Å². The van der Waals surface area contributed by atoms with E-state index in [4.69, 9.17) is 9.73 Å². The Morgan fingerprint density at radius 3 is 2.86 bits per heavy atom. The third-order valence-corrected chi connectivity index (χ3v) is 5.81. The topological polar surface area (TPSA) is 103 Å². The first-order valence-electron chi connectivity index (χ1n) is 9.22. The normalized spacial score (nSPS) is 24.9. The smallest absolute Gasteiger partial charge is 0.325 e. The molecule has 2 atom stereocenters. The van der Waals surface area contributed by atoms with Crippen LogP contribution in [0.4, 0.5) is 4.79 Å². The Kier molecular flexibility index (Phi) is 5.36. The van der Waals surface area contributed by atoms with E-state index in [1.807, 2.05) is 17.9 Å². The van der Waals surface area contributed by atoms with Gasteiger partial charge < -0.3 is 19.4 Å². The molecule has 3 aliphatic rings. The molecule has 4 heterocycles. The van der Waals surface area contributed by atoms with Gasteiger partial charge in [-0.05, 0) is 13.0 Å². The van der Waals surface area contributed by atoms with Crippen LogP contribution in [0.2, 0.25) is 0 Å². The number of ether oxygens (including phenoxy) is 1. The van der Waals surface area contributed by atoms with Crippen LogP contribution in [0.3, 0.4) is 0 Å². The minimum absolute atomic E-state index is 0.308. The Bertz CT molecular complexity index is 799. The minimum atomic E-state index is -0.528. The number of thioether (sulfide) groups is 1. The molecule has 11 heteroatoms. The zero-order valence-electron chi connectivity index (χ0n) is 15.9. The molecule has 3 aliphatic heterocycles. The second-order valence-corrected chi connectivity index (χ2v) is 7.88. The van der Waals surface area contributed by atoms with Gasteiger partial charge in [0, 0.05) is 44.3 Å². The molecule has 3 amide bonds. The SMILES string of the molecule is Cc1ccnc(SCCN2C(N3CCOCC3)=NC3C2C(=O)NC(=O)N3C)n1. The van der Waals surface area contributed by atoms with Gasteiger partial charge in [-0.3, -0.25) is 10.1 Å². The van der Waals surface area contributed by atoms with Crippen LogP contribution in [0.25, 0.3) is 0 Å². The summed E-state index contributed by atoms with van der Waals surface area (Å²) in [6.45, 7) is 5.18. The molecule has 0 bridgehead atoms. The number of morpholine rings is 1. The predicted molar refractivity (Wildman–Crippen MR) is 103 cm³/mol. The van der Waals surface area contributed by atoms with Gasteiger partial charge in [0.2, 0.25) is 0 Å². The molecule has 0 saturated carbocycles. The molecule has 1 aromatic rings. The number of carbonyl (C=O) groups is 2. The number of imide groups is 1. The van der Waals surface area contributed by atoms with E-state index in [1.165, 1.54) is 16.7 Å². The molecule has 2 saturated heterocycles. The van der Waals surface area contributed by atoms with Gasteiger partial charge in [-0.2, -0.15) is 0 Å². The summed E-state index contributed by atoms with van der Waals surface area (Å²) in [6, 6.07) is 0.914. The van der Waals surface area contributed by atoms with E-state index in [0.717, 1.165) is 11.7 Å². The van der Waals surface area contributed by atoms with Crippen molar-refractivity contribution in [2.24, 2.45) is 4.99 Å². The highest BCUT2D eigenvalue weighted by molar-refractivity contribution is 7.99. The summed E-state index contributed by atoms with van der Waals surface area (Å²) in [5, 5.41) is 3.14. The molecule has 2 unspecified atom stereocenters. The molecular formula is C17H23N7O3S. The average molecular weight is 405 g/mol. The maximum absolute atomic E-state index is 12.6. The van der Waals surface area contributed by atoms with Crippen molar-refractivity contribution in [3.63, 3.8) is 0 Å². The number of hydrogen-bond acceptors (Lipinski definition) is 9. The van der Waals surface area contributed by atoms with Gasteiger partial charge in [0.1, 0.15) is 0 Å². The first kappa shape index (κ1) is 18.9. The van der Waals surface area contributed by atoms with Crippen molar-refractivity contribution >= 4 is 29.7 Å². The van der Waals surface area contributed by atoms with Crippen molar-refractivity contribution in [2.75, 3.05) is 45.6 Å². The van der Waals surface area contributed by atoms with Crippen LogP contribution in [0.15, 0.2) is 22.4 Å². The number of carbonyl (C=O) groups excluding carboxylic acids is 2. The van der Waals surface area contributed by atoms with Gasteiger partial charge in [-0.15, -0.1) is 0 Å². The second-order valence-electron chi connectivity index (χ2n) is 6.81. The number of aliphatic imine (C=N–C) groups is 1. The summed E-state index contributed by atoms with van der Waals surface area (Å²) in [7, 11) is 1.67. The first-order valence-corrected chi connectivity index (χ1v) is 10.2. The average Bonchev–Trinajstić information content (AvgIpc) is 3.07. The van der Waals surface area contributed by atoms with Gasteiger partial charge in [-0.25, -0.2) is 19.8 Å². The first-order chi connectivity index (χ1) is 13.5. The highest BCUT2D eigenvalue weighted by atomic mass is 32.2. The molecule has 0 radical (unpaired) electrons. The fourth-order valence-electron chi connectivity index (χ4n) is 3.51. The monoisotopic (exact) mass is 405 g/mol. The van der Waals surface area contributed by atoms with Crippen LogP contribution in [-0.4, -0.2) is 100 Å². The molecule has 0 aliphatic carbocycles. The Labute approximate surface area is 167 Å². The number of guanidine groups is 1. The highest BCUT2D eigenvalue weighted by Crippen LogP contribution is 2.26. The van der Waals surface area contributed by atoms with E-state index in [0.29, 0.717) is 43.8 Å². The number of hydrogen-bond donors (Lipinski definition) is 1. The van der Waals surface area contributed by atoms with Crippen molar-refractivity contribution in [1.29, 1.82) is 0 Å². The molecule has 1 N–H and O–H groups in total. The number of fused-ring (bicyclic) bond motifs is 1. The van der Waals surface area contributed by atoms with Crippen molar-refractivity contribution in [2.45, 2.75) is 24.3 Å². The lowest BCUT2D eigenvalue weighted by atomic mass is 10.1. The zero-order chi connectivity index (χ0) is 19.7. The van der Waals surface area contributed by atoms with Crippen LogP contribution in [-0.2, 0) is 9.53 Å². The Morgan fingerprint density at radius 1 is 1.32 bits per heavy atom. The van der Waals surface area contributed by atoms with Crippen molar-refractivity contribution in [1.82, 2.24) is 30.0 Å². The molecule has 1 aromatic heterocycles. The summed E-state index contributed by atoms with van der Waals surface area (Å²) < 4.78 is 5.44. The maximum atomic E-state index is 12.6. The van der Waals surface area contributed by atoms with E-state index in [2.05, 4.69) is 20.2 Å². The zero-order valence-corrected chi connectivity index (χ0v) is 16.7. The quantitative estimate of drug-likeness (QED) is 0.541. The number of aromatic nitrogens is 2. The lowest BCUT2D eigenvalue weighted by Crippen LogP contribution is -2.64. The fourth-order valence-corrected chi connectivity index (χ4v) is 4.32. The summed E-state index contributed by atoms with van der Waals surface area (Å²) in [5.41, 5.74) is 0.918. The van der Waals surface area contributed by atoms with Crippen LogP contribution in [0, 0.1) is 6.92 Å². The molecule has 0 spiro atoms. The Hall–Kier alpha value is -2.40. The molecular weight excluding hydrogens is 382 g/mol. The van der Waals surface area contributed by atoms with Crippen molar-refractivity contribution in [3.05, 3.63) is 18.0 Å². The summed E-state index contributed by atoms with van der Waals surface area (Å²) in [6.07, 6.45) is 1.23. The largest absolute Gasteiger partial charge is 0.378 e. The van der Waals surface area contributed by atoms with Gasteiger partial charge in [0.05, 0.1) is 13.2 Å². The van der Waals surface area contributed by atoms with Crippen molar-refractivity contribution < 1.29 is 14.3 Å². The molecule has 0 aromatic carbocycles. The van der Waals surface area contributed by atoms with Gasteiger partial charge in [0.25, 0.3) is 5.91 Å². The molecule has 2 fully saturated rings. The number of aryl methyl sites for hydroxylation is 1. The van der Waals surface area contributed by atoms with E-state index in [9.17, 15) is 9.59 Å². The van der Waals surface area contributed by atoms with Gasteiger partial charge in [0.15, 0.2) is 23.3 Å². The number of nitrogens with one attached hydrogen (secondary N) is 1. The third kappa shape index (κ3) is 3.63. The van der Waals surface area contributed by atoms with Crippen LogP contribution >= 0.6 is 11.8 Å². The fraction of sp³-hybridized carbons (Fsp3) is 0.588. The second kappa shape index (κ2) is 7.92. The Balaban J connectivity index is 1.52. The third-order valence-electron chi connectivity index (χ3n) is 4.97. The van der Waals surface area contributed by atoms with E-state index in [1.54, 1.807) is 13.2 Å². The standard InChI is InChI=1S/C17H23N7O3S/c1-11-3-4-18-15(19-11)28-10-7-24-12-13(22(2)17(26)21-14(12)25)20-16(24)23-5-8-27-9-6-23/h3-4,12-13H,5-10H2,1-2H3,(H,21,25,26). The molecule has 4 rings (SSSR count). The highest BCUT2D eigenvalue weighted by Gasteiger charge is 2.49. The number of urea groups is 1. The summed E-state index contributed by atoms with van der Waals surface area (Å²) >= 11 is 1.54. The van der Waals surface area contributed by atoms with E-state index in [-0.39, 0.29) is 5.91 Å². The van der Waals surface area contributed by atoms with Crippen molar-refractivity contribution in [3.8, 4) is 0 Å². The van der Waals surface area contributed by atoms with E-state index < -0.39 is 18.2 Å². The number of rotatable bonds is 4. The molecule has 28 heavy (non-hydrogen) atoms. The summed E-state index contributed by atoms with van der Waals surface area (Å²) in [4.78, 5) is 43.7. The number of likely N-dealkylation sites (N-methyl/N-ethyl adjacent to an activating group) is 1. The van der Waals surface area contributed by atoms with E-state index >= 15 is 0 Å². The Morgan fingerprint density at radius 2 is 2.11 bits per heavy atom. The van der Waals surface area contributed by atoms with Gasteiger partial charge in [-0.1, -0.05) is 11.8 Å². The van der Waals surface area contributed by atoms with Crippen LogP contribution in [0.5, 0.6) is 0 Å².